The summed E-state index contributed by atoms with van der Waals surface area (Å²) in [6.45, 7) is 0.704. The molecule has 2 aromatic rings. The van der Waals surface area contributed by atoms with Crippen molar-refractivity contribution in [3.05, 3.63) is 35.9 Å². The third kappa shape index (κ3) is 4.01. The Balaban J connectivity index is 1.85. The molecule has 94 valence electrons. The van der Waals surface area contributed by atoms with Gasteiger partial charge in [-0.2, -0.15) is 0 Å². The number of hydrogen-bond donors (Lipinski definition) is 2. The zero-order chi connectivity index (χ0) is 12.8. The molecule has 0 atom stereocenters. The van der Waals surface area contributed by atoms with Crippen molar-refractivity contribution in [2.24, 2.45) is 5.73 Å². The van der Waals surface area contributed by atoms with Crippen LogP contribution in [0, 0.1) is 0 Å². The SMILES string of the molecule is NC(=O)CSc1nnc(NCc2ccccc2)s1. The number of aromatic nitrogens is 2. The Morgan fingerprint density at radius 1 is 1.33 bits per heavy atom. The normalized spacial score (nSPS) is 10.2. The average molecular weight is 280 g/mol. The van der Waals surface area contributed by atoms with Gasteiger partial charge in [0.15, 0.2) is 4.34 Å². The molecule has 0 aliphatic heterocycles. The van der Waals surface area contributed by atoms with Gasteiger partial charge in [0.25, 0.3) is 0 Å². The first-order chi connectivity index (χ1) is 8.74. The molecule has 0 spiro atoms. The highest BCUT2D eigenvalue weighted by atomic mass is 32.2. The van der Waals surface area contributed by atoms with Crippen molar-refractivity contribution in [3.63, 3.8) is 0 Å². The van der Waals surface area contributed by atoms with Gasteiger partial charge in [0, 0.05) is 6.54 Å². The molecule has 1 heterocycles. The molecule has 1 aromatic carbocycles. The lowest BCUT2D eigenvalue weighted by Crippen LogP contribution is -2.12. The number of hydrogen-bond acceptors (Lipinski definition) is 6. The number of anilines is 1. The van der Waals surface area contributed by atoms with E-state index in [2.05, 4.69) is 15.5 Å². The number of nitrogens with zero attached hydrogens (tertiary/aromatic N) is 2. The minimum absolute atomic E-state index is 0.229. The Hall–Kier alpha value is -1.60. The van der Waals surface area contributed by atoms with Crippen LogP contribution in [0.5, 0.6) is 0 Å². The maximum atomic E-state index is 10.6. The van der Waals surface area contributed by atoms with Crippen molar-refractivity contribution >= 4 is 34.1 Å². The second-order valence-corrected chi connectivity index (χ2v) is 5.67. The summed E-state index contributed by atoms with van der Waals surface area (Å²) in [5, 5.41) is 11.9. The van der Waals surface area contributed by atoms with Gasteiger partial charge in [-0.15, -0.1) is 10.2 Å². The third-order valence-electron chi connectivity index (χ3n) is 2.03. The van der Waals surface area contributed by atoms with Crippen LogP contribution < -0.4 is 11.1 Å². The summed E-state index contributed by atoms with van der Waals surface area (Å²) >= 11 is 2.72. The lowest BCUT2D eigenvalue weighted by atomic mass is 10.2. The molecule has 0 aliphatic rings. The molecular weight excluding hydrogens is 268 g/mol. The standard InChI is InChI=1S/C11H12N4OS2/c12-9(16)7-17-11-15-14-10(18-11)13-6-8-4-2-1-3-5-8/h1-5H,6-7H2,(H2,12,16)(H,13,14). The highest BCUT2D eigenvalue weighted by Crippen LogP contribution is 2.25. The number of nitrogens with one attached hydrogen (secondary N) is 1. The Kier molecular flexibility index (Phi) is 4.54. The number of carbonyl (C=O) groups is 1. The molecule has 0 radical (unpaired) electrons. The molecule has 7 heteroatoms. The summed E-state index contributed by atoms with van der Waals surface area (Å²) in [4.78, 5) is 10.6. The van der Waals surface area contributed by atoms with Gasteiger partial charge in [0.1, 0.15) is 0 Å². The molecule has 2 rings (SSSR count). The summed E-state index contributed by atoms with van der Waals surface area (Å²) in [6, 6.07) is 10.0. The minimum atomic E-state index is -0.353. The zero-order valence-corrected chi connectivity index (χ0v) is 11.1. The maximum Gasteiger partial charge on any atom is 0.227 e. The van der Waals surface area contributed by atoms with E-state index in [9.17, 15) is 4.79 Å². The van der Waals surface area contributed by atoms with E-state index in [1.54, 1.807) is 0 Å². The fourth-order valence-corrected chi connectivity index (χ4v) is 2.73. The van der Waals surface area contributed by atoms with Gasteiger partial charge in [-0.25, -0.2) is 0 Å². The molecule has 18 heavy (non-hydrogen) atoms. The van der Waals surface area contributed by atoms with Crippen molar-refractivity contribution in [3.8, 4) is 0 Å². The summed E-state index contributed by atoms with van der Waals surface area (Å²) in [6.07, 6.45) is 0. The second kappa shape index (κ2) is 6.36. The van der Waals surface area contributed by atoms with Gasteiger partial charge in [0.2, 0.25) is 11.0 Å². The smallest absolute Gasteiger partial charge is 0.227 e. The molecule has 5 nitrogen and oxygen atoms in total. The van der Waals surface area contributed by atoms with Crippen molar-refractivity contribution in [2.45, 2.75) is 10.9 Å². The highest BCUT2D eigenvalue weighted by Gasteiger charge is 2.05. The van der Waals surface area contributed by atoms with Gasteiger partial charge in [-0.05, 0) is 5.56 Å². The van der Waals surface area contributed by atoms with Gasteiger partial charge >= 0.3 is 0 Å². The first kappa shape index (κ1) is 12.8. The number of carbonyl (C=O) groups excluding carboxylic acids is 1. The first-order valence-electron chi connectivity index (χ1n) is 5.26. The first-order valence-corrected chi connectivity index (χ1v) is 7.06. The molecule has 0 saturated carbocycles. The lowest BCUT2D eigenvalue weighted by Gasteiger charge is -2.00. The Morgan fingerprint density at radius 3 is 2.83 bits per heavy atom. The number of rotatable bonds is 6. The molecular formula is C11H12N4OS2. The van der Waals surface area contributed by atoms with E-state index in [1.807, 2.05) is 30.3 Å². The topological polar surface area (TPSA) is 80.9 Å². The molecule has 0 fully saturated rings. The fraction of sp³-hybridized carbons (Fsp3) is 0.182. The maximum absolute atomic E-state index is 10.6. The highest BCUT2D eigenvalue weighted by molar-refractivity contribution is 8.01. The Labute approximate surface area is 113 Å². The van der Waals surface area contributed by atoms with Crippen molar-refractivity contribution < 1.29 is 4.79 Å². The van der Waals surface area contributed by atoms with Crippen molar-refractivity contribution in [1.29, 1.82) is 0 Å². The van der Waals surface area contributed by atoms with Crippen LogP contribution in [0.2, 0.25) is 0 Å². The zero-order valence-electron chi connectivity index (χ0n) is 9.50. The summed E-state index contributed by atoms with van der Waals surface area (Å²) in [7, 11) is 0. The number of thioether (sulfide) groups is 1. The van der Waals surface area contributed by atoms with Gasteiger partial charge in [-0.3, -0.25) is 4.79 Å². The number of amides is 1. The van der Waals surface area contributed by atoms with Crippen molar-refractivity contribution in [2.75, 3.05) is 11.1 Å². The van der Waals surface area contributed by atoms with E-state index in [-0.39, 0.29) is 11.7 Å². The third-order valence-corrected chi connectivity index (χ3v) is 4.07. The van der Waals surface area contributed by atoms with Crippen LogP contribution in [0.4, 0.5) is 5.13 Å². The molecule has 0 aliphatic carbocycles. The summed E-state index contributed by atoms with van der Waals surface area (Å²) in [5.41, 5.74) is 6.24. The van der Waals surface area contributed by atoms with E-state index < -0.39 is 0 Å². The average Bonchev–Trinajstić information content (AvgIpc) is 2.83. The van der Waals surface area contributed by atoms with Crippen LogP contribution in [0.25, 0.3) is 0 Å². The Bertz CT molecular complexity index is 515. The van der Waals surface area contributed by atoms with E-state index in [1.165, 1.54) is 28.7 Å². The van der Waals surface area contributed by atoms with Crippen LogP contribution in [-0.4, -0.2) is 21.9 Å². The van der Waals surface area contributed by atoms with Crippen LogP contribution in [0.15, 0.2) is 34.7 Å². The number of benzene rings is 1. The quantitative estimate of drug-likeness (QED) is 0.788. The minimum Gasteiger partial charge on any atom is -0.369 e. The van der Waals surface area contributed by atoms with Crippen molar-refractivity contribution in [1.82, 2.24) is 10.2 Å². The Morgan fingerprint density at radius 2 is 2.11 bits per heavy atom. The molecule has 0 unspecified atom stereocenters. The predicted octanol–water partition coefficient (Wildman–Crippen LogP) is 1.73. The molecule has 0 saturated heterocycles. The fourth-order valence-electron chi connectivity index (χ4n) is 1.25. The lowest BCUT2D eigenvalue weighted by molar-refractivity contribution is -0.115. The van der Waals surface area contributed by atoms with E-state index in [0.717, 1.165) is 9.47 Å². The van der Waals surface area contributed by atoms with Crippen LogP contribution in [0.1, 0.15) is 5.56 Å². The van der Waals surface area contributed by atoms with E-state index in [0.29, 0.717) is 6.54 Å². The van der Waals surface area contributed by atoms with Crippen LogP contribution in [0.3, 0.4) is 0 Å². The monoisotopic (exact) mass is 280 g/mol. The number of nitrogens with two attached hydrogens (primary N) is 1. The van der Waals surface area contributed by atoms with Gasteiger partial charge in [0.05, 0.1) is 5.75 Å². The number of primary amides is 1. The van der Waals surface area contributed by atoms with Crippen LogP contribution >= 0.6 is 23.1 Å². The molecule has 1 aromatic heterocycles. The second-order valence-electron chi connectivity index (χ2n) is 3.47. The van der Waals surface area contributed by atoms with Crippen LogP contribution in [-0.2, 0) is 11.3 Å². The van der Waals surface area contributed by atoms with E-state index in [4.69, 9.17) is 5.73 Å². The largest absolute Gasteiger partial charge is 0.369 e. The predicted molar refractivity (Wildman–Crippen MR) is 73.6 cm³/mol. The van der Waals surface area contributed by atoms with E-state index >= 15 is 0 Å². The molecule has 0 bridgehead atoms. The van der Waals surface area contributed by atoms with Gasteiger partial charge < -0.3 is 11.1 Å². The summed E-state index contributed by atoms with van der Waals surface area (Å²) in [5.74, 6) is -0.123. The molecule has 3 N–H and O–H groups in total. The molecule has 1 amide bonds. The summed E-state index contributed by atoms with van der Waals surface area (Å²) < 4.78 is 0.740. The van der Waals surface area contributed by atoms with Gasteiger partial charge in [-0.1, -0.05) is 53.4 Å².